The van der Waals surface area contributed by atoms with Crippen LogP contribution in [0.1, 0.15) is 35.1 Å². The minimum absolute atomic E-state index is 0.270. The smallest absolute Gasteiger partial charge is 0.124 e. The molecule has 1 aromatic rings. The first-order valence-corrected chi connectivity index (χ1v) is 5.91. The van der Waals surface area contributed by atoms with Crippen molar-refractivity contribution < 1.29 is 4.74 Å². The highest BCUT2D eigenvalue weighted by atomic mass is 16.5. The van der Waals surface area contributed by atoms with Crippen LogP contribution in [-0.2, 0) is 5.41 Å². The first-order valence-electron chi connectivity index (χ1n) is 5.91. The van der Waals surface area contributed by atoms with Crippen LogP contribution in [0.4, 0.5) is 0 Å². The lowest BCUT2D eigenvalue weighted by Crippen LogP contribution is -2.21. The third-order valence-electron chi connectivity index (χ3n) is 4.05. The van der Waals surface area contributed by atoms with Crippen LogP contribution >= 0.6 is 0 Å². The third-order valence-corrected chi connectivity index (χ3v) is 4.05. The van der Waals surface area contributed by atoms with Crippen molar-refractivity contribution in [3.8, 4) is 5.75 Å². The molecule has 1 saturated carbocycles. The first-order chi connectivity index (χ1) is 7.55. The third kappa shape index (κ3) is 1.52. The zero-order chi connectivity index (χ0) is 11.9. The van der Waals surface area contributed by atoms with Gasteiger partial charge in [0.25, 0.3) is 0 Å². The molecule has 0 saturated heterocycles. The highest BCUT2D eigenvalue weighted by molar-refractivity contribution is 5.53. The molecule has 0 radical (unpaired) electrons. The van der Waals surface area contributed by atoms with Crippen LogP contribution in [0.25, 0.3) is 0 Å². The molecule has 1 aliphatic carbocycles. The minimum atomic E-state index is 0.270. The zero-order valence-corrected chi connectivity index (χ0v) is 10.7. The molecule has 1 aromatic carbocycles. The molecule has 2 heteroatoms. The van der Waals surface area contributed by atoms with Crippen LogP contribution in [0.15, 0.2) is 6.07 Å². The SMILES string of the molecule is COc1c(C)cc(C2(CN)CC2)c(C)c1C. The molecule has 0 amide bonds. The summed E-state index contributed by atoms with van der Waals surface area (Å²) >= 11 is 0. The number of rotatable bonds is 3. The van der Waals surface area contributed by atoms with E-state index in [0.29, 0.717) is 0 Å². The summed E-state index contributed by atoms with van der Waals surface area (Å²) in [6.07, 6.45) is 2.46. The zero-order valence-electron chi connectivity index (χ0n) is 10.7. The van der Waals surface area contributed by atoms with Gasteiger partial charge in [0.05, 0.1) is 7.11 Å². The summed E-state index contributed by atoms with van der Waals surface area (Å²) in [6.45, 7) is 7.19. The Morgan fingerprint density at radius 3 is 2.31 bits per heavy atom. The van der Waals surface area contributed by atoms with E-state index in [0.717, 1.165) is 12.3 Å². The van der Waals surface area contributed by atoms with Gasteiger partial charge in [-0.2, -0.15) is 0 Å². The van der Waals surface area contributed by atoms with Crippen LogP contribution in [0.3, 0.4) is 0 Å². The van der Waals surface area contributed by atoms with Gasteiger partial charge < -0.3 is 10.5 Å². The van der Waals surface area contributed by atoms with Gasteiger partial charge in [-0.15, -0.1) is 0 Å². The number of methoxy groups -OCH3 is 1. The molecule has 0 heterocycles. The Kier molecular flexibility index (Phi) is 2.70. The highest BCUT2D eigenvalue weighted by Gasteiger charge is 2.44. The fourth-order valence-corrected chi connectivity index (χ4v) is 2.66. The van der Waals surface area contributed by atoms with E-state index >= 15 is 0 Å². The number of hydrogen-bond donors (Lipinski definition) is 1. The van der Waals surface area contributed by atoms with Gasteiger partial charge in [-0.1, -0.05) is 6.07 Å². The lowest BCUT2D eigenvalue weighted by molar-refractivity contribution is 0.407. The summed E-state index contributed by atoms with van der Waals surface area (Å²) in [4.78, 5) is 0. The summed E-state index contributed by atoms with van der Waals surface area (Å²) in [5, 5.41) is 0. The molecule has 1 aliphatic rings. The van der Waals surface area contributed by atoms with E-state index in [1.165, 1.54) is 35.1 Å². The first kappa shape index (κ1) is 11.5. The topological polar surface area (TPSA) is 35.2 Å². The Morgan fingerprint density at radius 2 is 1.88 bits per heavy atom. The largest absolute Gasteiger partial charge is 0.496 e. The Morgan fingerprint density at radius 1 is 1.25 bits per heavy atom. The van der Waals surface area contributed by atoms with E-state index in [2.05, 4.69) is 26.8 Å². The van der Waals surface area contributed by atoms with Crippen molar-refractivity contribution in [1.29, 1.82) is 0 Å². The molecule has 2 N–H and O–H groups in total. The lowest BCUT2D eigenvalue weighted by atomic mass is 9.87. The molecule has 0 atom stereocenters. The van der Waals surface area contributed by atoms with Crippen molar-refractivity contribution in [3.05, 3.63) is 28.3 Å². The molecule has 0 bridgehead atoms. The van der Waals surface area contributed by atoms with Crippen molar-refractivity contribution in [2.24, 2.45) is 5.73 Å². The van der Waals surface area contributed by atoms with Gasteiger partial charge in [0.15, 0.2) is 0 Å². The number of benzene rings is 1. The number of hydrogen-bond acceptors (Lipinski definition) is 2. The minimum Gasteiger partial charge on any atom is -0.496 e. The van der Waals surface area contributed by atoms with Crippen LogP contribution in [0, 0.1) is 20.8 Å². The fourth-order valence-electron chi connectivity index (χ4n) is 2.66. The molecule has 2 rings (SSSR count). The van der Waals surface area contributed by atoms with Crippen molar-refractivity contribution in [2.45, 2.75) is 39.0 Å². The predicted molar refractivity (Wildman–Crippen MR) is 67.2 cm³/mol. The summed E-state index contributed by atoms with van der Waals surface area (Å²) in [6, 6.07) is 2.26. The van der Waals surface area contributed by atoms with Gasteiger partial charge in [-0.05, 0) is 55.9 Å². The maximum atomic E-state index is 5.91. The average Bonchev–Trinajstić information content (AvgIpc) is 3.05. The second kappa shape index (κ2) is 3.77. The Bertz CT molecular complexity index is 419. The second-order valence-corrected chi connectivity index (χ2v) is 5.01. The molecule has 2 nitrogen and oxygen atoms in total. The maximum absolute atomic E-state index is 5.91. The Labute approximate surface area is 97.8 Å². The van der Waals surface area contributed by atoms with Crippen molar-refractivity contribution in [2.75, 3.05) is 13.7 Å². The van der Waals surface area contributed by atoms with Gasteiger partial charge in [0, 0.05) is 12.0 Å². The van der Waals surface area contributed by atoms with E-state index < -0.39 is 0 Å². The predicted octanol–water partition coefficient (Wildman–Crippen LogP) is 2.61. The second-order valence-electron chi connectivity index (χ2n) is 5.01. The highest BCUT2D eigenvalue weighted by Crippen LogP contribution is 2.50. The quantitative estimate of drug-likeness (QED) is 0.848. The van der Waals surface area contributed by atoms with Gasteiger partial charge >= 0.3 is 0 Å². The van der Waals surface area contributed by atoms with Crippen molar-refractivity contribution >= 4 is 0 Å². The summed E-state index contributed by atoms with van der Waals surface area (Å²) in [5.41, 5.74) is 11.5. The molecular weight excluding hydrogens is 198 g/mol. The number of nitrogens with two attached hydrogens (primary N) is 1. The van der Waals surface area contributed by atoms with Crippen LogP contribution in [0.2, 0.25) is 0 Å². The Balaban J connectivity index is 2.57. The lowest BCUT2D eigenvalue weighted by Gasteiger charge is -2.21. The van der Waals surface area contributed by atoms with Gasteiger partial charge in [0.1, 0.15) is 5.75 Å². The molecular formula is C14H21NO. The molecule has 1 fully saturated rings. The van der Waals surface area contributed by atoms with Crippen molar-refractivity contribution in [1.82, 2.24) is 0 Å². The number of aryl methyl sites for hydroxylation is 1. The molecule has 0 spiro atoms. The van der Waals surface area contributed by atoms with Crippen LogP contribution in [-0.4, -0.2) is 13.7 Å². The van der Waals surface area contributed by atoms with E-state index in [1.54, 1.807) is 7.11 Å². The van der Waals surface area contributed by atoms with E-state index in [9.17, 15) is 0 Å². The van der Waals surface area contributed by atoms with Gasteiger partial charge in [0.2, 0.25) is 0 Å². The molecule has 88 valence electrons. The van der Waals surface area contributed by atoms with Crippen molar-refractivity contribution in [3.63, 3.8) is 0 Å². The summed E-state index contributed by atoms with van der Waals surface area (Å²) in [7, 11) is 1.74. The normalized spacial score (nSPS) is 17.3. The molecule has 0 aliphatic heterocycles. The summed E-state index contributed by atoms with van der Waals surface area (Å²) < 4.78 is 5.45. The average molecular weight is 219 g/mol. The maximum Gasteiger partial charge on any atom is 0.124 e. The molecule has 0 unspecified atom stereocenters. The summed E-state index contributed by atoms with van der Waals surface area (Å²) in [5.74, 6) is 1.02. The van der Waals surface area contributed by atoms with E-state index in [1.807, 2.05) is 0 Å². The number of ether oxygens (including phenoxy) is 1. The standard InChI is InChI=1S/C14H21NO/c1-9-7-12(14(8-15)5-6-14)10(2)11(3)13(9)16-4/h7H,5-6,8,15H2,1-4H3. The van der Waals surface area contributed by atoms with Crippen LogP contribution in [0.5, 0.6) is 5.75 Å². The van der Waals surface area contributed by atoms with Gasteiger partial charge in [-0.3, -0.25) is 0 Å². The van der Waals surface area contributed by atoms with Gasteiger partial charge in [-0.25, -0.2) is 0 Å². The van der Waals surface area contributed by atoms with E-state index in [-0.39, 0.29) is 5.41 Å². The monoisotopic (exact) mass is 219 g/mol. The fraction of sp³-hybridized carbons (Fsp3) is 0.571. The molecule has 16 heavy (non-hydrogen) atoms. The van der Waals surface area contributed by atoms with E-state index in [4.69, 9.17) is 10.5 Å². The molecule has 0 aromatic heterocycles. The van der Waals surface area contributed by atoms with Crippen LogP contribution < -0.4 is 10.5 Å². The Hall–Kier alpha value is -1.02.